The topological polar surface area (TPSA) is 137 Å². The van der Waals surface area contributed by atoms with Gasteiger partial charge in [0.05, 0.1) is 26.4 Å². The van der Waals surface area contributed by atoms with Gasteiger partial charge in [-0.15, -0.1) is 0 Å². The van der Waals surface area contributed by atoms with Crippen molar-refractivity contribution in [1.29, 1.82) is 0 Å². The average Bonchev–Trinajstić information content (AvgIpc) is 2.54. The molecule has 0 saturated heterocycles. The monoisotopic (exact) mass is 390 g/mol. The third-order valence-corrected chi connectivity index (χ3v) is 5.14. The first kappa shape index (κ1) is 24.2. The summed E-state index contributed by atoms with van der Waals surface area (Å²) in [6.45, 7) is 6.00. The molecule has 0 aromatic carbocycles. The predicted octanol–water partition coefficient (Wildman–Crippen LogP) is 1.44. The molecule has 0 amide bonds. The molecule has 0 aliphatic carbocycles. The minimum absolute atomic E-state index is 0.0247. The van der Waals surface area contributed by atoms with Crippen LogP contribution < -0.4 is 9.79 Å². The summed E-state index contributed by atoms with van der Waals surface area (Å²) in [5.74, 6) is 0.0799. The van der Waals surface area contributed by atoms with Crippen molar-refractivity contribution in [2.45, 2.75) is 46.6 Å². The maximum Gasteiger partial charge on any atom is 0.267 e. The van der Waals surface area contributed by atoms with Gasteiger partial charge in [0.15, 0.2) is 0 Å². The number of phosphoric acid groups is 2. The molecule has 9 nitrogen and oxygen atoms in total. The second-order valence-electron chi connectivity index (χ2n) is 5.76. The summed E-state index contributed by atoms with van der Waals surface area (Å²) in [6, 6.07) is 0. The SMILES string of the molecule is CCC(C)COP(=O)([O-])OCC(O)COP(=O)([O-])OCC(C)CC. The number of rotatable bonds is 14. The second kappa shape index (κ2) is 11.7. The van der Waals surface area contributed by atoms with Crippen molar-refractivity contribution < 1.29 is 42.1 Å². The predicted molar refractivity (Wildman–Crippen MR) is 83.9 cm³/mol. The van der Waals surface area contributed by atoms with Crippen LogP contribution >= 0.6 is 15.6 Å². The van der Waals surface area contributed by atoms with E-state index in [0.29, 0.717) is 0 Å². The molecule has 0 saturated carbocycles. The highest BCUT2D eigenvalue weighted by molar-refractivity contribution is 7.46. The zero-order valence-corrected chi connectivity index (χ0v) is 16.4. The molecule has 24 heavy (non-hydrogen) atoms. The molecule has 0 radical (unpaired) electrons. The Balaban J connectivity index is 4.10. The normalized spacial score (nSPS) is 20.8. The third-order valence-electron chi connectivity index (χ3n) is 3.28. The van der Waals surface area contributed by atoms with Crippen molar-refractivity contribution in [2.75, 3.05) is 26.4 Å². The lowest BCUT2D eigenvalue weighted by molar-refractivity contribution is -0.231. The molecule has 1 N–H and O–H groups in total. The first-order chi connectivity index (χ1) is 11.0. The summed E-state index contributed by atoms with van der Waals surface area (Å²) >= 11 is 0. The minimum Gasteiger partial charge on any atom is -0.756 e. The van der Waals surface area contributed by atoms with E-state index in [0.717, 1.165) is 12.8 Å². The van der Waals surface area contributed by atoms with Gasteiger partial charge in [0.25, 0.3) is 15.6 Å². The first-order valence-electron chi connectivity index (χ1n) is 7.89. The maximum atomic E-state index is 11.5. The largest absolute Gasteiger partial charge is 0.756 e. The van der Waals surface area contributed by atoms with Crippen molar-refractivity contribution in [1.82, 2.24) is 0 Å². The fraction of sp³-hybridized carbons (Fsp3) is 1.00. The van der Waals surface area contributed by atoms with E-state index in [4.69, 9.17) is 0 Å². The van der Waals surface area contributed by atoms with Crippen molar-refractivity contribution in [3.05, 3.63) is 0 Å². The Bertz CT molecular complexity index is 394. The summed E-state index contributed by atoms with van der Waals surface area (Å²) in [6.07, 6.45) is 0.0200. The van der Waals surface area contributed by atoms with Crippen LogP contribution in [0.3, 0.4) is 0 Å². The standard InChI is InChI=1S/C13H30O9P2/c1-5-11(3)7-19-23(15,16)21-9-13(14)10-22-24(17,18)20-8-12(4)6-2/h11-14H,5-10H2,1-4H3,(H,15,16)(H,17,18)/p-2. The molecule has 146 valence electrons. The van der Waals surface area contributed by atoms with E-state index < -0.39 is 35.0 Å². The summed E-state index contributed by atoms with van der Waals surface area (Å²) in [4.78, 5) is 22.9. The van der Waals surface area contributed by atoms with Crippen molar-refractivity contribution in [3.8, 4) is 0 Å². The lowest BCUT2D eigenvalue weighted by atomic mass is 10.1. The molecule has 0 rings (SSSR count). The maximum absolute atomic E-state index is 11.5. The molecule has 0 aromatic heterocycles. The van der Waals surface area contributed by atoms with Gasteiger partial charge in [-0.3, -0.25) is 9.13 Å². The van der Waals surface area contributed by atoms with Gasteiger partial charge in [0, 0.05) is 0 Å². The Morgan fingerprint density at radius 3 is 1.38 bits per heavy atom. The number of hydrogen-bond acceptors (Lipinski definition) is 9. The molecule has 0 heterocycles. The van der Waals surface area contributed by atoms with E-state index in [1.807, 2.05) is 27.7 Å². The van der Waals surface area contributed by atoms with E-state index in [1.54, 1.807) is 0 Å². The Morgan fingerprint density at radius 2 is 1.08 bits per heavy atom. The van der Waals surface area contributed by atoms with Crippen molar-refractivity contribution in [2.24, 2.45) is 11.8 Å². The van der Waals surface area contributed by atoms with Gasteiger partial charge in [-0.1, -0.05) is 40.5 Å². The van der Waals surface area contributed by atoms with Crippen LogP contribution in [-0.2, 0) is 27.2 Å². The van der Waals surface area contributed by atoms with Crippen molar-refractivity contribution in [3.63, 3.8) is 0 Å². The van der Waals surface area contributed by atoms with Gasteiger partial charge in [0.2, 0.25) is 0 Å². The second-order valence-corrected chi connectivity index (χ2v) is 8.58. The molecule has 0 aliphatic heterocycles. The Morgan fingerprint density at radius 1 is 0.792 bits per heavy atom. The van der Waals surface area contributed by atoms with Crippen LogP contribution in [0.1, 0.15) is 40.5 Å². The van der Waals surface area contributed by atoms with Crippen LogP contribution in [0, 0.1) is 11.8 Å². The van der Waals surface area contributed by atoms with E-state index in [9.17, 15) is 24.0 Å². The molecular formula is C13H28O9P2-2. The molecule has 0 fully saturated rings. The van der Waals surface area contributed by atoms with E-state index >= 15 is 0 Å². The van der Waals surface area contributed by atoms with Gasteiger partial charge in [-0.2, -0.15) is 0 Å². The van der Waals surface area contributed by atoms with E-state index in [1.165, 1.54) is 0 Å². The molecule has 4 unspecified atom stereocenters. The fourth-order valence-corrected chi connectivity index (χ4v) is 2.88. The third kappa shape index (κ3) is 12.5. The minimum atomic E-state index is -4.55. The zero-order valence-electron chi connectivity index (χ0n) is 14.6. The average molecular weight is 390 g/mol. The lowest BCUT2D eigenvalue weighted by Crippen LogP contribution is -2.25. The van der Waals surface area contributed by atoms with Gasteiger partial charge in [-0.05, 0) is 11.8 Å². The van der Waals surface area contributed by atoms with Gasteiger partial charge in [-0.25, -0.2) is 0 Å². The molecular weight excluding hydrogens is 362 g/mol. The lowest BCUT2D eigenvalue weighted by Gasteiger charge is -2.27. The van der Waals surface area contributed by atoms with Crippen LogP contribution in [0.4, 0.5) is 0 Å². The highest BCUT2D eigenvalue weighted by Crippen LogP contribution is 2.40. The van der Waals surface area contributed by atoms with Crippen LogP contribution in [0.15, 0.2) is 0 Å². The van der Waals surface area contributed by atoms with Crippen LogP contribution in [0.5, 0.6) is 0 Å². The van der Waals surface area contributed by atoms with Gasteiger partial charge < -0.3 is 33.0 Å². The molecule has 0 aliphatic rings. The Labute approximate surface area is 143 Å². The summed E-state index contributed by atoms with van der Waals surface area (Å²) in [7, 11) is -9.10. The molecule has 0 bridgehead atoms. The number of hydrogen-bond donors (Lipinski definition) is 1. The first-order valence-corrected chi connectivity index (χ1v) is 10.8. The van der Waals surface area contributed by atoms with Crippen molar-refractivity contribution >= 4 is 15.6 Å². The molecule has 0 aromatic rings. The summed E-state index contributed by atoms with van der Waals surface area (Å²) < 4.78 is 41.2. The van der Waals surface area contributed by atoms with Crippen LogP contribution in [-0.4, -0.2) is 37.6 Å². The molecule has 4 atom stereocenters. The smallest absolute Gasteiger partial charge is 0.267 e. The summed E-state index contributed by atoms with van der Waals surface area (Å²) in [5, 5.41) is 9.54. The quantitative estimate of drug-likeness (QED) is 0.437. The zero-order chi connectivity index (χ0) is 18.8. The Kier molecular flexibility index (Phi) is 11.8. The highest BCUT2D eigenvalue weighted by atomic mass is 31.2. The van der Waals surface area contributed by atoms with Crippen LogP contribution in [0.2, 0.25) is 0 Å². The number of aliphatic hydroxyl groups is 1. The van der Waals surface area contributed by atoms with Gasteiger partial charge >= 0.3 is 0 Å². The van der Waals surface area contributed by atoms with E-state index in [-0.39, 0.29) is 25.0 Å². The number of aliphatic hydroxyl groups excluding tert-OH is 1. The van der Waals surface area contributed by atoms with E-state index in [2.05, 4.69) is 18.1 Å². The van der Waals surface area contributed by atoms with Gasteiger partial charge in [0.1, 0.15) is 6.10 Å². The molecule has 11 heteroatoms. The molecule has 0 spiro atoms. The fourth-order valence-electron chi connectivity index (χ4n) is 1.15. The highest BCUT2D eigenvalue weighted by Gasteiger charge is 2.18. The summed E-state index contributed by atoms with van der Waals surface area (Å²) in [5.41, 5.74) is 0. The Hall–Kier alpha value is 0.180. The van der Waals surface area contributed by atoms with Crippen LogP contribution in [0.25, 0.3) is 0 Å². The number of phosphoric ester groups is 2.